The van der Waals surface area contributed by atoms with Crippen molar-refractivity contribution in [2.24, 2.45) is 0 Å². The van der Waals surface area contributed by atoms with E-state index in [-0.39, 0.29) is 21.7 Å². The first-order chi connectivity index (χ1) is 22.7. The predicted octanol–water partition coefficient (Wildman–Crippen LogP) is 10.4. The van der Waals surface area contributed by atoms with Crippen LogP contribution in [0.2, 0.25) is 0 Å². The van der Waals surface area contributed by atoms with Crippen LogP contribution in [0.25, 0.3) is 24.3 Å². The van der Waals surface area contributed by atoms with E-state index in [0.717, 1.165) is 50.5 Å². The van der Waals surface area contributed by atoms with Crippen LogP contribution in [0.4, 0.5) is 11.4 Å². The summed E-state index contributed by atoms with van der Waals surface area (Å²) < 4.78 is 12.4. The molecule has 4 heteroatoms. The molecule has 0 aliphatic carbocycles. The van der Waals surface area contributed by atoms with Crippen molar-refractivity contribution in [3.8, 4) is 11.5 Å². The summed E-state index contributed by atoms with van der Waals surface area (Å²) in [6.07, 6.45) is 13.6. The zero-order valence-corrected chi connectivity index (χ0v) is 31.1. The fourth-order valence-corrected chi connectivity index (χ4v) is 8.92. The molecule has 0 spiro atoms. The van der Waals surface area contributed by atoms with Crippen molar-refractivity contribution >= 4 is 35.7 Å². The number of benzene rings is 3. The van der Waals surface area contributed by atoms with E-state index in [1.54, 1.807) is 0 Å². The van der Waals surface area contributed by atoms with Gasteiger partial charge < -0.3 is 19.3 Å². The third kappa shape index (κ3) is 5.35. The van der Waals surface area contributed by atoms with Crippen LogP contribution in [-0.2, 0) is 21.7 Å². The Morgan fingerprint density at radius 3 is 1.17 bits per heavy atom. The van der Waals surface area contributed by atoms with Gasteiger partial charge in [-0.05, 0) is 81.7 Å². The van der Waals surface area contributed by atoms with E-state index in [1.807, 2.05) is 14.2 Å². The van der Waals surface area contributed by atoms with Crippen LogP contribution in [0.3, 0.4) is 0 Å². The van der Waals surface area contributed by atoms with Gasteiger partial charge >= 0.3 is 0 Å². The molecule has 4 heterocycles. The van der Waals surface area contributed by atoms with Gasteiger partial charge in [0.2, 0.25) is 0 Å². The highest BCUT2D eigenvalue weighted by Crippen LogP contribution is 2.55. The van der Waals surface area contributed by atoms with Gasteiger partial charge in [0.15, 0.2) is 0 Å². The highest BCUT2D eigenvalue weighted by molar-refractivity contribution is 5.83. The minimum absolute atomic E-state index is 0.0700. The average Bonchev–Trinajstić information content (AvgIpc) is 3.04. The van der Waals surface area contributed by atoms with Crippen molar-refractivity contribution < 1.29 is 9.47 Å². The van der Waals surface area contributed by atoms with E-state index >= 15 is 0 Å². The summed E-state index contributed by atoms with van der Waals surface area (Å²) in [7, 11) is 3.68. The zero-order valence-electron chi connectivity index (χ0n) is 31.1. The molecule has 0 atom stereocenters. The van der Waals surface area contributed by atoms with Gasteiger partial charge in [-0.1, -0.05) is 104 Å². The minimum atomic E-state index is 0.0700. The lowest BCUT2D eigenvalue weighted by Crippen LogP contribution is -2.45. The number of hydrogen-bond acceptors (Lipinski definition) is 4. The fraction of sp³-hybridized carbons (Fsp3) is 0.500. The molecule has 0 radical (unpaired) electrons. The summed E-state index contributed by atoms with van der Waals surface area (Å²) in [6, 6.07) is 13.7. The van der Waals surface area contributed by atoms with Crippen LogP contribution < -0.4 is 19.3 Å². The van der Waals surface area contributed by atoms with Crippen molar-refractivity contribution in [2.45, 2.75) is 103 Å². The molecular weight excluding hydrogens is 588 g/mol. The van der Waals surface area contributed by atoms with Crippen LogP contribution in [-0.4, -0.2) is 40.4 Å². The number of methoxy groups -OCH3 is 2. The summed E-state index contributed by atoms with van der Waals surface area (Å²) in [4.78, 5) is 5.21. The molecule has 0 saturated heterocycles. The van der Waals surface area contributed by atoms with E-state index in [9.17, 15) is 0 Å². The summed E-state index contributed by atoms with van der Waals surface area (Å²) in [6.45, 7) is 23.6. The molecule has 7 rings (SSSR count). The minimum Gasteiger partial charge on any atom is -0.496 e. The molecule has 4 aliphatic heterocycles. The Balaban J connectivity index is 1.21. The molecule has 0 unspecified atom stereocenters. The van der Waals surface area contributed by atoms with Crippen LogP contribution in [0, 0.1) is 0 Å². The number of rotatable bonds is 6. The Morgan fingerprint density at radius 2 is 0.833 bits per heavy atom. The number of anilines is 2. The Bertz CT molecular complexity index is 1670. The molecule has 0 N–H and O–H groups in total. The molecule has 0 fully saturated rings. The predicted molar refractivity (Wildman–Crippen MR) is 205 cm³/mol. The number of nitrogens with zero attached hydrogens (tertiary/aromatic N) is 2. The van der Waals surface area contributed by atoms with Crippen LogP contribution in [0.5, 0.6) is 11.5 Å². The van der Waals surface area contributed by atoms with E-state index in [1.165, 1.54) is 68.7 Å². The highest BCUT2D eigenvalue weighted by atomic mass is 16.5. The molecule has 0 bridgehead atoms. The molecule has 3 aromatic carbocycles. The van der Waals surface area contributed by atoms with Gasteiger partial charge in [0.25, 0.3) is 0 Å². The quantitative estimate of drug-likeness (QED) is 0.249. The maximum Gasteiger partial charge on any atom is 0.131 e. The van der Waals surface area contributed by atoms with Gasteiger partial charge in [0.05, 0.1) is 14.2 Å². The first-order valence-electron chi connectivity index (χ1n) is 18.1. The lowest BCUT2D eigenvalue weighted by Gasteiger charge is -2.48. The molecule has 254 valence electrons. The zero-order chi connectivity index (χ0) is 34.2. The summed E-state index contributed by atoms with van der Waals surface area (Å²) in [5.41, 5.74) is 13.7. The van der Waals surface area contributed by atoms with Crippen LogP contribution in [0.1, 0.15) is 126 Å². The normalized spacial score (nSPS) is 21.3. The second-order valence-electron chi connectivity index (χ2n) is 17.4. The third-order valence-corrected chi connectivity index (χ3v) is 12.3. The summed E-state index contributed by atoms with van der Waals surface area (Å²) >= 11 is 0. The van der Waals surface area contributed by atoms with Crippen molar-refractivity contribution in [3.05, 3.63) is 80.9 Å². The lowest BCUT2D eigenvalue weighted by molar-refractivity contribution is 0.362. The maximum absolute atomic E-state index is 6.21. The Labute approximate surface area is 289 Å². The van der Waals surface area contributed by atoms with Gasteiger partial charge in [-0.3, -0.25) is 0 Å². The van der Waals surface area contributed by atoms with Crippen molar-refractivity contribution in [1.29, 1.82) is 0 Å². The summed E-state index contributed by atoms with van der Waals surface area (Å²) in [5, 5.41) is 0. The Hall–Kier alpha value is -3.66. The van der Waals surface area contributed by atoms with Gasteiger partial charge in [-0.2, -0.15) is 0 Å². The van der Waals surface area contributed by atoms with E-state index < -0.39 is 0 Å². The third-order valence-electron chi connectivity index (χ3n) is 12.3. The molecule has 4 nitrogen and oxygen atoms in total. The first kappa shape index (κ1) is 32.9. The smallest absolute Gasteiger partial charge is 0.131 e. The molecule has 0 amide bonds. The van der Waals surface area contributed by atoms with Crippen LogP contribution >= 0.6 is 0 Å². The summed E-state index contributed by atoms with van der Waals surface area (Å²) in [5.74, 6) is 2.06. The average molecular weight is 645 g/mol. The monoisotopic (exact) mass is 644 g/mol. The molecule has 0 saturated carbocycles. The SMILES string of the molecule is COc1c(C=Cc2ccc(C=Cc3cc4c5c(c3OC)C(C)(C)CCN5CCC4(C)C)cc2)cc2c3c1C(C)(C)CCN3CCC2(C)C. The van der Waals surface area contributed by atoms with E-state index in [4.69, 9.17) is 9.47 Å². The van der Waals surface area contributed by atoms with Crippen molar-refractivity contribution in [1.82, 2.24) is 0 Å². The standard InChI is InChI=1S/C44H56N2O2/c1-41(2)19-23-45-25-21-43(5,6)35-37(45)33(41)27-31(39(35)47-9)17-15-29-11-13-30(14-12-29)16-18-32-28-34-38-36(40(32)48-10)44(7,8)22-26-46(38)24-20-42(34,3)4/h11-18,27-28H,19-26H2,1-10H3. The van der Waals surface area contributed by atoms with Crippen molar-refractivity contribution in [3.63, 3.8) is 0 Å². The molecule has 3 aromatic rings. The number of hydrogen-bond donors (Lipinski definition) is 0. The van der Waals surface area contributed by atoms with Gasteiger partial charge in [0, 0.05) is 59.8 Å². The van der Waals surface area contributed by atoms with E-state index in [0.29, 0.717) is 0 Å². The number of ether oxygens (including phenoxy) is 2. The Kier molecular flexibility index (Phi) is 7.85. The highest BCUT2D eigenvalue weighted by Gasteiger charge is 2.44. The molecule has 0 aromatic heterocycles. The first-order valence-corrected chi connectivity index (χ1v) is 18.1. The van der Waals surface area contributed by atoms with Crippen molar-refractivity contribution in [2.75, 3.05) is 50.2 Å². The fourth-order valence-electron chi connectivity index (χ4n) is 8.92. The second kappa shape index (κ2) is 11.5. The largest absolute Gasteiger partial charge is 0.496 e. The van der Waals surface area contributed by atoms with E-state index in [2.05, 4.69) is 126 Å². The van der Waals surface area contributed by atoms with Crippen LogP contribution in [0.15, 0.2) is 36.4 Å². The molecular formula is C44H56N2O2. The topological polar surface area (TPSA) is 24.9 Å². The lowest BCUT2D eigenvalue weighted by atomic mass is 9.68. The maximum atomic E-state index is 6.21. The second-order valence-corrected chi connectivity index (χ2v) is 17.4. The van der Waals surface area contributed by atoms with Gasteiger partial charge in [-0.15, -0.1) is 0 Å². The van der Waals surface area contributed by atoms with Gasteiger partial charge in [0.1, 0.15) is 11.5 Å². The molecule has 4 aliphatic rings. The Morgan fingerprint density at radius 1 is 0.500 bits per heavy atom. The van der Waals surface area contributed by atoms with Gasteiger partial charge in [-0.25, -0.2) is 0 Å². The molecule has 48 heavy (non-hydrogen) atoms.